The molecule has 1 amide bonds. The molecule has 1 heterocycles. The summed E-state index contributed by atoms with van der Waals surface area (Å²) in [5.41, 5.74) is 1.71. The first-order valence-corrected chi connectivity index (χ1v) is 8.69. The van der Waals surface area contributed by atoms with Crippen molar-refractivity contribution in [1.29, 1.82) is 0 Å². The van der Waals surface area contributed by atoms with Crippen molar-refractivity contribution in [2.75, 3.05) is 7.11 Å². The van der Waals surface area contributed by atoms with Gasteiger partial charge >= 0.3 is 0 Å². The molecule has 0 aliphatic carbocycles. The van der Waals surface area contributed by atoms with E-state index in [-0.39, 0.29) is 24.2 Å². The van der Waals surface area contributed by atoms with Crippen molar-refractivity contribution in [3.8, 4) is 17.1 Å². The van der Waals surface area contributed by atoms with Gasteiger partial charge in [0.25, 0.3) is 0 Å². The predicted octanol–water partition coefficient (Wildman–Crippen LogP) is 4.30. The van der Waals surface area contributed by atoms with Gasteiger partial charge in [-0.1, -0.05) is 24.3 Å². The second-order valence-corrected chi connectivity index (χ2v) is 6.19. The van der Waals surface area contributed by atoms with Gasteiger partial charge in [0.15, 0.2) is 11.7 Å². The third kappa shape index (κ3) is 4.94. The molecule has 1 atom stereocenters. The highest BCUT2D eigenvalue weighted by Gasteiger charge is 2.12. The van der Waals surface area contributed by atoms with Crippen LogP contribution in [0.2, 0.25) is 0 Å². The molecule has 0 aliphatic heterocycles. The number of nitrogens with zero attached hydrogens (tertiary/aromatic N) is 1. The third-order valence-corrected chi connectivity index (χ3v) is 4.22. The number of nitrogens with one attached hydrogen (secondary N) is 1. The molecule has 0 spiro atoms. The summed E-state index contributed by atoms with van der Waals surface area (Å²) in [6.07, 6.45) is 2.29. The molecule has 27 heavy (non-hydrogen) atoms. The summed E-state index contributed by atoms with van der Waals surface area (Å²) >= 11 is 0. The molecule has 1 aromatic heterocycles. The second kappa shape index (κ2) is 8.49. The molecule has 0 fully saturated rings. The van der Waals surface area contributed by atoms with Crippen LogP contribution in [0, 0.1) is 5.82 Å². The van der Waals surface area contributed by atoms with E-state index in [1.807, 2.05) is 31.2 Å². The fourth-order valence-electron chi connectivity index (χ4n) is 2.70. The number of oxazole rings is 1. The number of hydrogen-bond donors (Lipinski definition) is 1. The number of amides is 1. The van der Waals surface area contributed by atoms with Crippen LogP contribution in [0.15, 0.2) is 59.1 Å². The minimum atomic E-state index is -0.298. The molecule has 5 nitrogen and oxygen atoms in total. The van der Waals surface area contributed by atoms with Crippen LogP contribution in [0.4, 0.5) is 4.39 Å². The number of rotatable bonds is 7. The van der Waals surface area contributed by atoms with E-state index in [0.29, 0.717) is 18.1 Å². The number of carbonyl (C=O) groups is 1. The number of benzene rings is 2. The Kier molecular flexibility index (Phi) is 5.86. The van der Waals surface area contributed by atoms with Crippen molar-refractivity contribution >= 4 is 5.91 Å². The van der Waals surface area contributed by atoms with Gasteiger partial charge in [0.05, 0.1) is 19.3 Å². The monoisotopic (exact) mass is 368 g/mol. The lowest BCUT2D eigenvalue weighted by molar-refractivity contribution is -0.121. The van der Waals surface area contributed by atoms with E-state index < -0.39 is 0 Å². The number of halogens is 1. The molecule has 0 saturated carbocycles. The van der Waals surface area contributed by atoms with Gasteiger partial charge in [0, 0.05) is 18.4 Å². The summed E-state index contributed by atoms with van der Waals surface area (Å²) in [6, 6.07) is 13.4. The zero-order valence-corrected chi connectivity index (χ0v) is 15.2. The van der Waals surface area contributed by atoms with E-state index in [4.69, 9.17) is 9.15 Å². The van der Waals surface area contributed by atoms with Crippen LogP contribution in [0.25, 0.3) is 11.3 Å². The van der Waals surface area contributed by atoms with E-state index >= 15 is 0 Å². The zero-order valence-electron chi connectivity index (χ0n) is 15.2. The number of hydrogen-bond acceptors (Lipinski definition) is 4. The second-order valence-electron chi connectivity index (χ2n) is 6.19. The summed E-state index contributed by atoms with van der Waals surface area (Å²) in [5, 5.41) is 2.89. The fourth-order valence-corrected chi connectivity index (χ4v) is 2.70. The van der Waals surface area contributed by atoms with Crippen LogP contribution in [0.3, 0.4) is 0 Å². The van der Waals surface area contributed by atoms with Gasteiger partial charge in [-0.25, -0.2) is 9.37 Å². The minimum Gasteiger partial charge on any atom is -0.497 e. The summed E-state index contributed by atoms with van der Waals surface area (Å²) in [7, 11) is 1.61. The van der Waals surface area contributed by atoms with Gasteiger partial charge in [0.1, 0.15) is 11.6 Å². The van der Waals surface area contributed by atoms with Crippen molar-refractivity contribution in [2.45, 2.75) is 25.8 Å². The number of carbonyl (C=O) groups excluding carboxylic acids is 1. The molecule has 1 N–H and O–H groups in total. The largest absolute Gasteiger partial charge is 0.497 e. The van der Waals surface area contributed by atoms with Gasteiger partial charge in [-0.2, -0.15) is 0 Å². The first-order valence-electron chi connectivity index (χ1n) is 8.69. The summed E-state index contributed by atoms with van der Waals surface area (Å²) < 4.78 is 23.9. The third-order valence-electron chi connectivity index (χ3n) is 4.22. The average molecular weight is 368 g/mol. The van der Waals surface area contributed by atoms with Crippen molar-refractivity contribution in [1.82, 2.24) is 10.3 Å². The van der Waals surface area contributed by atoms with Crippen LogP contribution in [-0.4, -0.2) is 18.0 Å². The maximum atomic E-state index is 13.0. The van der Waals surface area contributed by atoms with Crippen LogP contribution in [-0.2, 0) is 11.2 Å². The molecule has 2 aromatic carbocycles. The quantitative estimate of drug-likeness (QED) is 0.675. The van der Waals surface area contributed by atoms with E-state index in [1.165, 1.54) is 12.1 Å². The number of methoxy groups -OCH3 is 1. The molecule has 0 radical (unpaired) electrons. The van der Waals surface area contributed by atoms with Crippen LogP contribution >= 0.6 is 0 Å². The van der Waals surface area contributed by atoms with Gasteiger partial charge in [-0.05, 0) is 36.8 Å². The van der Waals surface area contributed by atoms with E-state index in [1.54, 1.807) is 25.4 Å². The molecule has 0 aliphatic rings. The van der Waals surface area contributed by atoms with Crippen molar-refractivity contribution in [3.05, 3.63) is 72.0 Å². The maximum absolute atomic E-state index is 13.0. The standard InChI is InChI=1S/C21H21FN2O3/c1-14(15-6-8-17(22)9-7-15)24-20(25)10-11-21-23-13-19(27-21)16-4-3-5-18(12-16)26-2/h3-9,12-14H,10-11H2,1-2H3,(H,24,25)/t14-/m1/s1. The van der Waals surface area contributed by atoms with Crippen LogP contribution in [0.5, 0.6) is 5.75 Å². The Hall–Kier alpha value is -3.15. The summed E-state index contributed by atoms with van der Waals surface area (Å²) in [4.78, 5) is 16.4. The smallest absolute Gasteiger partial charge is 0.220 e. The Morgan fingerprint density at radius 2 is 2.04 bits per heavy atom. The van der Waals surface area contributed by atoms with Gasteiger partial charge < -0.3 is 14.5 Å². The molecule has 3 rings (SSSR count). The lowest BCUT2D eigenvalue weighted by Gasteiger charge is -2.14. The molecule has 140 valence electrons. The molecule has 6 heteroatoms. The summed E-state index contributed by atoms with van der Waals surface area (Å²) in [5.74, 6) is 1.45. The van der Waals surface area contributed by atoms with Gasteiger partial charge in [-0.3, -0.25) is 4.79 Å². The number of ether oxygens (including phenoxy) is 1. The molecule has 0 unspecified atom stereocenters. The SMILES string of the molecule is COc1cccc(-c2cnc(CCC(=O)N[C@H](C)c3ccc(F)cc3)o2)c1. The molecular formula is C21H21FN2O3. The van der Waals surface area contributed by atoms with Crippen molar-refractivity contribution in [2.24, 2.45) is 0 Å². The first kappa shape index (κ1) is 18.6. The number of aromatic nitrogens is 1. The highest BCUT2D eigenvalue weighted by Crippen LogP contribution is 2.24. The van der Waals surface area contributed by atoms with E-state index in [0.717, 1.165) is 16.9 Å². The van der Waals surface area contributed by atoms with Crippen molar-refractivity contribution in [3.63, 3.8) is 0 Å². The summed E-state index contributed by atoms with van der Waals surface area (Å²) in [6.45, 7) is 1.86. The Morgan fingerprint density at radius 1 is 1.26 bits per heavy atom. The molecule has 0 saturated heterocycles. The van der Waals surface area contributed by atoms with Gasteiger partial charge in [0.2, 0.25) is 5.91 Å². The Bertz CT molecular complexity index is 906. The van der Waals surface area contributed by atoms with Gasteiger partial charge in [-0.15, -0.1) is 0 Å². The highest BCUT2D eigenvalue weighted by molar-refractivity contribution is 5.76. The van der Waals surface area contributed by atoms with Crippen molar-refractivity contribution < 1.29 is 18.3 Å². The lowest BCUT2D eigenvalue weighted by atomic mass is 10.1. The lowest BCUT2D eigenvalue weighted by Crippen LogP contribution is -2.26. The van der Waals surface area contributed by atoms with E-state index in [9.17, 15) is 9.18 Å². The topological polar surface area (TPSA) is 64.4 Å². The maximum Gasteiger partial charge on any atom is 0.220 e. The number of aryl methyl sites for hydroxylation is 1. The Morgan fingerprint density at radius 3 is 2.78 bits per heavy atom. The average Bonchev–Trinajstić information content (AvgIpc) is 3.16. The molecule has 3 aromatic rings. The first-order chi connectivity index (χ1) is 13.0. The predicted molar refractivity (Wildman–Crippen MR) is 99.8 cm³/mol. The molecular weight excluding hydrogens is 347 g/mol. The Balaban J connectivity index is 1.54. The normalized spacial score (nSPS) is 11.8. The van der Waals surface area contributed by atoms with E-state index in [2.05, 4.69) is 10.3 Å². The van der Waals surface area contributed by atoms with Crippen LogP contribution in [0.1, 0.15) is 30.8 Å². The molecule has 0 bridgehead atoms. The zero-order chi connectivity index (χ0) is 19.2. The van der Waals surface area contributed by atoms with Crippen LogP contribution < -0.4 is 10.1 Å². The highest BCUT2D eigenvalue weighted by atomic mass is 19.1. The minimum absolute atomic E-state index is 0.118. The Labute approximate surface area is 157 Å². The fraction of sp³-hybridized carbons (Fsp3) is 0.238.